The number of anilines is 1. The number of aromatic nitrogens is 1. The molecule has 0 atom stereocenters. The summed E-state index contributed by atoms with van der Waals surface area (Å²) in [6.45, 7) is 4.99. The maximum Gasteiger partial charge on any atom is 0.267 e. The molecule has 150 valence electrons. The number of thiazole rings is 1. The van der Waals surface area contributed by atoms with Crippen LogP contribution in [0.5, 0.6) is 0 Å². The molecule has 0 radical (unpaired) electrons. The highest BCUT2D eigenvalue weighted by atomic mass is 32.2. The number of nitrogens with zero attached hydrogens (tertiary/aromatic N) is 2. The zero-order valence-corrected chi connectivity index (χ0v) is 18.2. The van der Waals surface area contributed by atoms with Gasteiger partial charge in [-0.05, 0) is 24.1 Å². The quantitative estimate of drug-likeness (QED) is 0.616. The van der Waals surface area contributed by atoms with Crippen molar-refractivity contribution in [2.45, 2.75) is 19.9 Å². The van der Waals surface area contributed by atoms with Crippen LogP contribution in [-0.4, -0.2) is 40.4 Å². The summed E-state index contributed by atoms with van der Waals surface area (Å²) in [4.78, 5) is 20.8. The average molecular weight is 424 g/mol. The number of aryl methyl sites for hydroxylation is 1. The second-order valence-electron chi connectivity index (χ2n) is 7.18. The molecular weight excluding hydrogens is 398 g/mol. The fraction of sp³-hybridized carbons (Fsp3) is 0.304. The maximum absolute atomic E-state index is 13.0. The Morgan fingerprint density at radius 2 is 1.79 bits per heavy atom. The first-order valence-electron chi connectivity index (χ1n) is 9.88. The van der Waals surface area contributed by atoms with E-state index in [0.29, 0.717) is 4.88 Å². The number of benzene rings is 2. The molecule has 3 aromatic rings. The second kappa shape index (κ2) is 9.57. The smallest absolute Gasteiger partial charge is 0.267 e. The van der Waals surface area contributed by atoms with E-state index in [-0.39, 0.29) is 5.91 Å². The molecule has 2 aromatic carbocycles. The second-order valence-corrected chi connectivity index (χ2v) is 9.49. The number of hydrogen-bond donors (Lipinski definition) is 1. The normalized spacial score (nSPS) is 14.7. The summed E-state index contributed by atoms with van der Waals surface area (Å²) < 4.78 is 0. The Kier molecular flexibility index (Phi) is 6.64. The van der Waals surface area contributed by atoms with E-state index in [9.17, 15) is 4.79 Å². The summed E-state index contributed by atoms with van der Waals surface area (Å²) in [5, 5.41) is 4.10. The fourth-order valence-electron chi connectivity index (χ4n) is 3.47. The van der Waals surface area contributed by atoms with Crippen molar-refractivity contribution in [3.63, 3.8) is 0 Å². The minimum absolute atomic E-state index is 0.0686. The topological polar surface area (TPSA) is 45.2 Å². The number of amides is 1. The molecule has 0 saturated carbocycles. The largest absolute Gasteiger partial charge is 0.321 e. The van der Waals surface area contributed by atoms with Crippen LogP contribution in [0.25, 0.3) is 0 Å². The first-order valence-corrected chi connectivity index (χ1v) is 11.9. The van der Waals surface area contributed by atoms with Gasteiger partial charge in [-0.1, -0.05) is 48.5 Å². The molecule has 0 bridgehead atoms. The SMILES string of the molecule is Cc1nc(Cc2ccccc2)sc1C(=O)Nc1ccccc1CN1CCSCC1. The van der Waals surface area contributed by atoms with Crippen molar-refractivity contribution in [1.29, 1.82) is 0 Å². The third-order valence-electron chi connectivity index (χ3n) is 5.01. The molecule has 1 aliphatic rings. The zero-order chi connectivity index (χ0) is 20.1. The standard InChI is InChI=1S/C23H25N3OS2/c1-17-22(29-21(24-17)15-18-7-3-2-4-8-18)23(27)25-20-10-6-5-9-19(20)16-26-11-13-28-14-12-26/h2-10H,11-16H2,1H3,(H,25,27). The van der Waals surface area contributed by atoms with Crippen molar-refractivity contribution in [2.24, 2.45) is 0 Å². The number of carbonyl (C=O) groups excluding carboxylic acids is 1. The van der Waals surface area contributed by atoms with Gasteiger partial charge in [-0.25, -0.2) is 4.98 Å². The Balaban J connectivity index is 1.47. The van der Waals surface area contributed by atoms with Crippen molar-refractivity contribution in [1.82, 2.24) is 9.88 Å². The highest BCUT2D eigenvalue weighted by Crippen LogP contribution is 2.24. The number of para-hydroxylation sites is 1. The van der Waals surface area contributed by atoms with Gasteiger partial charge in [0.05, 0.1) is 10.7 Å². The molecule has 1 fully saturated rings. The van der Waals surface area contributed by atoms with E-state index in [0.717, 1.165) is 42.4 Å². The van der Waals surface area contributed by atoms with Gasteiger partial charge in [0, 0.05) is 43.2 Å². The molecule has 4 rings (SSSR count). The van der Waals surface area contributed by atoms with Crippen molar-refractivity contribution in [3.05, 3.63) is 81.3 Å². The van der Waals surface area contributed by atoms with E-state index in [1.807, 2.05) is 55.1 Å². The van der Waals surface area contributed by atoms with Crippen molar-refractivity contribution in [3.8, 4) is 0 Å². The van der Waals surface area contributed by atoms with E-state index >= 15 is 0 Å². The van der Waals surface area contributed by atoms with Crippen LogP contribution in [0.1, 0.15) is 31.5 Å². The van der Waals surface area contributed by atoms with Crippen LogP contribution in [0, 0.1) is 6.92 Å². The van der Waals surface area contributed by atoms with E-state index in [1.54, 1.807) is 0 Å². The molecule has 0 unspecified atom stereocenters. The zero-order valence-electron chi connectivity index (χ0n) is 16.6. The summed E-state index contributed by atoms with van der Waals surface area (Å²) in [7, 11) is 0. The molecule has 6 heteroatoms. The van der Waals surface area contributed by atoms with Crippen LogP contribution < -0.4 is 5.32 Å². The predicted molar refractivity (Wildman–Crippen MR) is 123 cm³/mol. The summed E-state index contributed by atoms with van der Waals surface area (Å²) in [5.74, 6) is 2.29. The lowest BCUT2D eigenvalue weighted by molar-refractivity contribution is 0.102. The molecule has 1 aromatic heterocycles. The van der Waals surface area contributed by atoms with Crippen molar-refractivity contribution < 1.29 is 4.79 Å². The maximum atomic E-state index is 13.0. The molecule has 1 N–H and O–H groups in total. The van der Waals surface area contributed by atoms with Gasteiger partial charge in [-0.3, -0.25) is 9.69 Å². The first-order chi connectivity index (χ1) is 14.2. The van der Waals surface area contributed by atoms with Gasteiger partial charge in [0.1, 0.15) is 4.88 Å². The molecule has 1 aliphatic heterocycles. The van der Waals surface area contributed by atoms with E-state index in [4.69, 9.17) is 0 Å². The van der Waals surface area contributed by atoms with Gasteiger partial charge >= 0.3 is 0 Å². The van der Waals surface area contributed by atoms with Crippen LogP contribution in [-0.2, 0) is 13.0 Å². The molecule has 0 spiro atoms. The van der Waals surface area contributed by atoms with E-state index in [2.05, 4.69) is 33.4 Å². The van der Waals surface area contributed by atoms with Crippen molar-refractivity contribution in [2.75, 3.05) is 29.9 Å². The monoisotopic (exact) mass is 423 g/mol. The Hall–Kier alpha value is -2.15. The molecule has 0 aliphatic carbocycles. The van der Waals surface area contributed by atoms with Gasteiger partial charge in [0.2, 0.25) is 0 Å². The third kappa shape index (κ3) is 5.26. The lowest BCUT2D eigenvalue weighted by atomic mass is 10.1. The Labute approximate surface area is 180 Å². The molecule has 4 nitrogen and oxygen atoms in total. The molecule has 1 amide bonds. The average Bonchev–Trinajstić information content (AvgIpc) is 3.11. The summed E-state index contributed by atoms with van der Waals surface area (Å²) in [5.41, 5.74) is 4.06. The number of rotatable bonds is 6. The first kappa shape index (κ1) is 20.1. The number of thioether (sulfide) groups is 1. The van der Waals surface area contributed by atoms with Gasteiger partial charge in [-0.15, -0.1) is 11.3 Å². The van der Waals surface area contributed by atoms with Gasteiger partial charge in [0.25, 0.3) is 5.91 Å². The highest BCUT2D eigenvalue weighted by molar-refractivity contribution is 7.99. The lowest BCUT2D eigenvalue weighted by Crippen LogP contribution is -2.32. The van der Waals surface area contributed by atoms with Gasteiger partial charge in [0.15, 0.2) is 0 Å². The highest BCUT2D eigenvalue weighted by Gasteiger charge is 2.18. The van der Waals surface area contributed by atoms with E-state index < -0.39 is 0 Å². The van der Waals surface area contributed by atoms with Gasteiger partial charge < -0.3 is 5.32 Å². The summed E-state index contributed by atoms with van der Waals surface area (Å²) >= 11 is 3.50. The van der Waals surface area contributed by atoms with Crippen LogP contribution in [0.4, 0.5) is 5.69 Å². The van der Waals surface area contributed by atoms with Crippen molar-refractivity contribution >= 4 is 34.7 Å². The number of nitrogens with one attached hydrogen (secondary N) is 1. The molecule has 29 heavy (non-hydrogen) atoms. The number of hydrogen-bond acceptors (Lipinski definition) is 5. The summed E-state index contributed by atoms with van der Waals surface area (Å²) in [6, 6.07) is 18.4. The third-order valence-corrected chi connectivity index (χ3v) is 7.11. The predicted octanol–water partition coefficient (Wildman–Crippen LogP) is 4.84. The number of carbonyl (C=O) groups is 1. The van der Waals surface area contributed by atoms with Crippen LogP contribution in [0.15, 0.2) is 54.6 Å². The Morgan fingerprint density at radius 1 is 1.07 bits per heavy atom. The molecular formula is C23H25N3OS2. The van der Waals surface area contributed by atoms with Crippen LogP contribution >= 0.6 is 23.1 Å². The Morgan fingerprint density at radius 3 is 2.59 bits per heavy atom. The molecule has 2 heterocycles. The summed E-state index contributed by atoms with van der Waals surface area (Å²) in [6.07, 6.45) is 0.753. The van der Waals surface area contributed by atoms with Crippen LogP contribution in [0.2, 0.25) is 0 Å². The lowest BCUT2D eigenvalue weighted by Gasteiger charge is -2.27. The minimum Gasteiger partial charge on any atom is -0.321 e. The molecule has 1 saturated heterocycles. The van der Waals surface area contributed by atoms with Gasteiger partial charge in [-0.2, -0.15) is 11.8 Å². The Bertz CT molecular complexity index is 965. The fourth-order valence-corrected chi connectivity index (χ4v) is 5.44. The van der Waals surface area contributed by atoms with E-state index in [1.165, 1.54) is 34.0 Å². The van der Waals surface area contributed by atoms with Crippen LogP contribution in [0.3, 0.4) is 0 Å². The minimum atomic E-state index is -0.0686.